The number of piperidine rings is 1. The van der Waals surface area contributed by atoms with Gasteiger partial charge in [0.1, 0.15) is 5.82 Å². The van der Waals surface area contributed by atoms with Crippen LogP contribution in [-0.4, -0.2) is 30.6 Å². The van der Waals surface area contributed by atoms with Crippen LogP contribution in [0.15, 0.2) is 18.2 Å². The Kier molecular flexibility index (Phi) is 5.38. The molecule has 1 unspecified atom stereocenters. The lowest BCUT2D eigenvalue weighted by Crippen LogP contribution is -2.39. The predicted molar refractivity (Wildman–Crippen MR) is 76.0 cm³/mol. The van der Waals surface area contributed by atoms with E-state index in [1.807, 2.05) is 0 Å². The molecular weight excluding hydrogens is 281 g/mol. The summed E-state index contributed by atoms with van der Waals surface area (Å²) in [5, 5.41) is 0.140. The largest absolute Gasteiger partial charge is 0.466 e. The highest BCUT2D eigenvalue weighted by Gasteiger charge is 2.27. The van der Waals surface area contributed by atoms with E-state index in [2.05, 4.69) is 4.90 Å². The number of rotatable bonds is 4. The predicted octanol–water partition coefficient (Wildman–Crippen LogP) is 3.25. The fourth-order valence-corrected chi connectivity index (χ4v) is 2.76. The smallest absolute Gasteiger partial charge is 0.310 e. The van der Waals surface area contributed by atoms with Crippen molar-refractivity contribution in [3.63, 3.8) is 0 Å². The van der Waals surface area contributed by atoms with Crippen LogP contribution in [0.3, 0.4) is 0 Å². The van der Waals surface area contributed by atoms with Crippen molar-refractivity contribution in [1.29, 1.82) is 0 Å². The lowest BCUT2D eigenvalue weighted by atomic mass is 9.97. The van der Waals surface area contributed by atoms with Gasteiger partial charge in [-0.05, 0) is 32.4 Å². The minimum atomic E-state index is -0.368. The third-order valence-electron chi connectivity index (χ3n) is 3.55. The van der Waals surface area contributed by atoms with E-state index in [0.29, 0.717) is 25.3 Å². The van der Waals surface area contributed by atoms with E-state index < -0.39 is 0 Å². The molecule has 1 atom stereocenters. The quantitative estimate of drug-likeness (QED) is 0.799. The maximum absolute atomic E-state index is 13.9. The molecule has 0 bridgehead atoms. The Morgan fingerprint density at radius 2 is 2.35 bits per heavy atom. The number of ether oxygens (including phenoxy) is 1. The van der Waals surface area contributed by atoms with E-state index in [0.717, 1.165) is 19.4 Å². The van der Waals surface area contributed by atoms with E-state index in [1.165, 1.54) is 6.07 Å². The summed E-state index contributed by atoms with van der Waals surface area (Å²) in [5.74, 6) is -0.623. The first kappa shape index (κ1) is 15.3. The summed E-state index contributed by atoms with van der Waals surface area (Å²) in [6.07, 6.45) is 1.76. The fourth-order valence-electron chi connectivity index (χ4n) is 2.56. The number of nitrogens with zero attached hydrogens (tertiary/aromatic N) is 1. The molecule has 0 aliphatic carbocycles. The zero-order chi connectivity index (χ0) is 14.5. The average Bonchev–Trinajstić information content (AvgIpc) is 2.44. The molecule has 0 N–H and O–H groups in total. The van der Waals surface area contributed by atoms with Gasteiger partial charge < -0.3 is 4.74 Å². The number of halogens is 2. The number of esters is 1. The zero-order valence-electron chi connectivity index (χ0n) is 11.6. The van der Waals surface area contributed by atoms with Gasteiger partial charge >= 0.3 is 5.97 Å². The molecule has 20 heavy (non-hydrogen) atoms. The van der Waals surface area contributed by atoms with E-state index in [1.54, 1.807) is 19.1 Å². The molecule has 1 saturated heterocycles. The van der Waals surface area contributed by atoms with Gasteiger partial charge in [0.25, 0.3) is 0 Å². The lowest BCUT2D eigenvalue weighted by molar-refractivity contribution is -0.150. The molecule has 0 aromatic heterocycles. The first-order valence-electron chi connectivity index (χ1n) is 6.93. The van der Waals surface area contributed by atoms with Crippen molar-refractivity contribution >= 4 is 17.6 Å². The van der Waals surface area contributed by atoms with Gasteiger partial charge in [-0.25, -0.2) is 4.39 Å². The lowest BCUT2D eigenvalue weighted by Gasteiger charge is -2.31. The second-order valence-corrected chi connectivity index (χ2v) is 5.45. The molecule has 1 aromatic rings. The van der Waals surface area contributed by atoms with Crippen molar-refractivity contribution in [3.05, 3.63) is 34.6 Å². The summed E-state index contributed by atoms with van der Waals surface area (Å²) in [6, 6.07) is 5.01. The standard InChI is InChI=1S/C15H19ClFNO2/c1-2-20-15(19)12-6-4-8-18(10-12)9-11-5-3-7-13(16)14(11)17/h3,5,7,12H,2,4,6,8-10H2,1H3. The summed E-state index contributed by atoms with van der Waals surface area (Å²) >= 11 is 5.78. The molecule has 1 heterocycles. The topological polar surface area (TPSA) is 29.5 Å². The third kappa shape index (κ3) is 3.70. The number of carbonyl (C=O) groups excluding carboxylic acids is 1. The number of hydrogen-bond donors (Lipinski definition) is 0. The molecule has 0 saturated carbocycles. The Hall–Kier alpha value is -1.13. The average molecular weight is 300 g/mol. The molecule has 110 valence electrons. The van der Waals surface area contributed by atoms with Gasteiger partial charge in [0.2, 0.25) is 0 Å². The van der Waals surface area contributed by atoms with Crippen LogP contribution in [0.5, 0.6) is 0 Å². The molecule has 0 radical (unpaired) electrons. The monoisotopic (exact) mass is 299 g/mol. The molecule has 0 amide bonds. The van der Waals surface area contributed by atoms with E-state index in [4.69, 9.17) is 16.3 Å². The van der Waals surface area contributed by atoms with Gasteiger partial charge in [-0.1, -0.05) is 23.7 Å². The van der Waals surface area contributed by atoms with Crippen LogP contribution in [0, 0.1) is 11.7 Å². The van der Waals surface area contributed by atoms with Crippen molar-refractivity contribution in [2.24, 2.45) is 5.92 Å². The Bertz CT molecular complexity index is 481. The minimum absolute atomic E-state index is 0.106. The SMILES string of the molecule is CCOC(=O)C1CCCN(Cc2cccc(Cl)c2F)C1. The molecule has 1 aliphatic heterocycles. The van der Waals surface area contributed by atoms with Gasteiger partial charge in [-0.3, -0.25) is 9.69 Å². The molecule has 1 aliphatic rings. The van der Waals surface area contributed by atoms with Crippen LogP contribution in [0.4, 0.5) is 4.39 Å². The molecular formula is C15H19ClFNO2. The van der Waals surface area contributed by atoms with Gasteiger partial charge in [-0.2, -0.15) is 0 Å². The van der Waals surface area contributed by atoms with Gasteiger partial charge in [0, 0.05) is 18.7 Å². The molecule has 1 fully saturated rings. The van der Waals surface area contributed by atoms with E-state index in [-0.39, 0.29) is 22.7 Å². The molecule has 2 rings (SSSR count). The Labute approximate surface area is 123 Å². The Morgan fingerprint density at radius 1 is 1.55 bits per heavy atom. The first-order valence-corrected chi connectivity index (χ1v) is 7.31. The van der Waals surface area contributed by atoms with Crippen LogP contribution in [0.25, 0.3) is 0 Å². The van der Waals surface area contributed by atoms with Gasteiger partial charge in [-0.15, -0.1) is 0 Å². The van der Waals surface area contributed by atoms with Crippen molar-refractivity contribution in [2.45, 2.75) is 26.3 Å². The summed E-state index contributed by atoms with van der Waals surface area (Å²) in [6.45, 7) is 4.16. The summed E-state index contributed by atoms with van der Waals surface area (Å²) in [5.41, 5.74) is 0.571. The molecule has 0 spiro atoms. The highest BCUT2D eigenvalue weighted by Crippen LogP contribution is 2.23. The number of carbonyl (C=O) groups is 1. The first-order chi connectivity index (χ1) is 9.61. The molecule has 1 aromatic carbocycles. The van der Waals surface area contributed by atoms with Crippen molar-refractivity contribution in [1.82, 2.24) is 4.90 Å². The fraction of sp³-hybridized carbons (Fsp3) is 0.533. The third-order valence-corrected chi connectivity index (χ3v) is 3.84. The summed E-state index contributed by atoms with van der Waals surface area (Å²) in [7, 11) is 0. The van der Waals surface area contributed by atoms with Crippen molar-refractivity contribution in [2.75, 3.05) is 19.7 Å². The van der Waals surface area contributed by atoms with E-state index in [9.17, 15) is 9.18 Å². The van der Waals surface area contributed by atoms with Crippen LogP contribution in [-0.2, 0) is 16.1 Å². The minimum Gasteiger partial charge on any atom is -0.466 e. The number of likely N-dealkylation sites (tertiary alicyclic amines) is 1. The van der Waals surface area contributed by atoms with Crippen LogP contribution in [0.1, 0.15) is 25.3 Å². The normalized spacial score (nSPS) is 19.9. The Morgan fingerprint density at radius 3 is 3.10 bits per heavy atom. The van der Waals surface area contributed by atoms with Crippen molar-refractivity contribution in [3.8, 4) is 0 Å². The van der Waals surface area contributed by atoms with E-state index >= 15 is 0 Å². The zero-order valence-corrected chi connectivity index (χ0v) is 12.3. The maximum atomic E-state index is 13.9. The van der Waals surface area contributed by atoms with Gasteiger partial charge in [0.05, 0.1) is 17.5 Å². The van der Waals surface area contributed by atoms with Crippen LogP contribution in [0.2, 0.25) is 5.02 Å². The number of hydrogen-bond acceptors (Lipinski definition) is 3. The Balaban J connectivity index is 1.99. The van der Waals surface area contributed by atoms with Crippen LogP contribution < -0.4 is 0 Å². The van der Waals surface area contributed by atoms with Crippen LogP contribution >= 0.6 is 11.6 Å². The van der Waals surface area contributed by atoms with Gasteiger partial charge in [0.15, 0.2) is 0 Å². The highest BCUT2D eigenvalue weighted by atomic mass is 35.5. The highest BCUT2D eigenvalue weighted by molar-refractivity contribution is 6.30. The second kappa shape index (κ2) is 7.04. The summed E-state index contributed by atoms with van der Waals surface area (Å²) in [4.78, 5) is 13.9. The maximum Gasteiger partial charge on any atom is 0.310 e. The second-order valence-electron chi connectivity index (χ2n) is 5.04. The molecule has 3 nitrogen and oxygen atoms in total. The molecule has 5 heteroatoms. The number of benzene rings is 1. The summed E-state index contributed by atoms with van der Waals surface area (Å²) < 4.78 is 18.9. The van der Waals surface area contributed by atoms with Crippen molar-refractivity contribution < 1.29 is 13.9 Å².